The number of nitrogens with two attached hydrogens (primary N) is 1. The van der Waals surface area contributed by atoms with Crippen molar-refractivity contribution in [2.45, 2.75) is 19.4 Å². The zero-order chi connectivity index (χ0) is 20.2. The largest absolute Gasteiger partial charge is 0.369 e. The number of fused-ring (bicyclic) bond motifs is 1. The highest BCUT2D eigenvalue weighted by Crippen LogP contribution is 2.47. The first-order valence-electron chi connectivity index (χ1n) is 8.62. The molecular formula is C18H18FN7OS. The maximum Gasteiger partial charge on any atom is 0.236 e. The summed E-state index contributed by atoms with van der Waals surface area (Å²) in [5.41, 5.74) is 6.13. The lowest BCUT2D eigenvalue weighted by Gasteiger charge is -2.36. The summed E-state index contributed by atoms with van der Waals surface area (Å²) in [5.74, 6) is -0.600. The second-order valence-electron chi connectivity index (χ2n) is 7.01. The molecular weight excluding hydrogens is 381 g/mol. The van der Waals surface area contributed by atoms with Crippen LogP contribution in [0.5, 0.6) is 0 Å². The molecule has 0 saturated carbocycles. The molecule has 2 aliphatic heterocycles. The molecule has 2 aliphatic rings. The number of aromatic nitrogens is 2. The van der Waals surface area contributed by atoms with Gasteiger partial charge in [0.2, 0.25) is 11.9 Å². The molecule has 0 unspecified atom stereocenters. The zero-order valence-corrected chi connectivity index (χ0v) is 16.4. The molecule has 1 amide bonds. The predicted molar refractivity (Wildman–Crippen MR) is 104 cm³/mol. The summed E-state index contributed by atoms with van der Waals surface area (Å²) in [4.78, 5) is 33.7. The van der Waals surface area contributed by atoms with Crippen LogP contribution < -0.4 is 10.6 Å². The van der Waals surface area contributed by atoms with E-state index in [4.69, 9.17) is 17.3 Å². The minimum atomic E-state index is -0.916. The van der Waals surface area contributed by atoms with Gasteiger partial charge in [-0.05, 0) is 25.3 Å². The maximum absolute atomic E-state index is 14.0. The van der Waals surface area contributed by atoms with Gasteiger partial charge in [0.25, 0.3) is 0 Å². The second kappa shape index (κ2) is 6.24. The highest BCUT2D eigenvalue weighted by Gasteiger charge is 2.56. The lowest BCUT2D eigenvalue weighted by molar-refractivity contribution is -0.132. The van der Waals surface area contributed by atoms with Gasteiger partial charge in [0.15, 0.2) is 17.5 Å². The van der Waals surface area contributed by atoms with Crippen molar-refractivity contribution in [2.24, 2.45) is 16.6 Å². The van der Waals surface area contributed by atoms with Crippen LogP contribution in [0.2, 0.25) is 0 Å². The van der Waals surface area contributed by atoms with Crippen molar-refractivity contribution in [1.29, 1.82) is 0 Å². The smallest absolute Gasteiger partial charge is 0.236 e. The molecule has 0 spiro atoms. The molecule has 2 aromatic rings. The molecule has 4 rings (SSSR count). The summed E-state index contributed by atoms with van der Waals surface area (Å²) in [7, 11) is 1.59. The molecule has 0 aromatic carbocycles. The van der Waals surface area contributed by atoms with Gasteiger partial charge in [-0.1, -0.05) is 0 Å². The Kier molecular flexibility index (Phi) is 4.08. The summed E-state index contributed by atoms with van der Waals surface area (Å²) >= 11 is 1.38. The number of halogens is 1. The zero-order valence-electron chi connectivity index (χ0n) is 15.6. The van der Waals surface area contributed by atoms with Gasteiger partial charge < -0.3 is 10.6 Å². The van der Waals surface area contributed by atoms with Gasteiger partial charge >= 0.3 is 0 Å². The van der Waals surface area contributed by atoms with E-state index in [2.05, 4.69) is 14.8 Å². The normalized spacial score (nSPS) is 24.2. The van der Waals surface area contributed by atoms with Crippen molar-refractivity contribution in [2.75, 3.05) is 25.0 Å². The second-order valence-corrected chi connectivity index (χ2v) is 7.93. The van der Waals surface area contributed by atoms with Gasteiger partial charge in [0, 0.05) is 18.5 Å². The van der Waals surface area contributed by atoms with Crippen LogP contribution >= 0.6 is 11.3 Å². The third-order valence-corrected chi connectivity index (χ3v) is 6.38. The van der Waals surface area contributed by atoms with Gasteiger partial charge in [-0.25, -0.2) is 24.2 Å². The van der Waals surface area contributed by atoms with Gasteiger partial charge in [-0.3, -0.25) is 9.69 Å². The van der Waals surface area contributed by atoms with E-state index in [1.165, 1.54) is 16.2 Å². The molecule has 2 N–H and O–H groups in total. The topological polar surface area (TPSA) is 92.1 Å². The molecule has 4 heterocycles. The van der Waals surface area contributed by atoms with E-state index in [9.17, 15) is 9.18 Å². The molecule has 28 heavy (non-hydrogen) atoms. The number of aryl methyl sites for hydroxylation is 2. The Hall–Kier alpha value is -3.06. The van der Waals surface area contributed by atoms with Crippen molar-refractivity contribution in [3.05, 3.63) is 44.9 Å². The highest BCUT2D eigenvalue weighted by molar-refractivity contribution is 7.10. The Morgan fingerprint density at radius 1 is 1.39 bits per heavy atom. The standard InChI is InChI=1S/C18H18FN7OS/c1-9-14(19)10(2)23-17(22-9)26-6-12-15(27)25(4)16(20)24-18(12,8-26)13-5-11(21-3)7-28-13/h5,7,12H,6,8H2,1-2,4H3,(H2,20,24)/t12-,18-/m0/s1. The summed E-state index contributed by atoms with van der Waals surface area (Å²) in [6, 6.07) is 1.76. The van der Waals surface area contributed by atoms with Crippen molar-refractivity contribution >= 4 is 34.8 Å². The molecule has 0 bridgehead atoms. The van der Waals surface area contributed by atoms with Crippen LogP contribution in [0.25, 0.3) is 4.85 Å². The third-order valence-electron chi connectivity index (χ3n) is 5.29. The summed E-state index contributed by atoms with van der Waals surface area (Å²) < 4.78 is 14.0. The number of hydrogen-bond acceptors (Lipinski definition) is 7. The van der Waals surface area contributed by atoms with E-state index in [0.717, 1.165) is 4.88 Å². The molecule has 0 aliphatic carbocycles. The van der Waals surface area contributed by atoms with E-state index < -0.39 is 17.3 Å². The van der Waals surface area contributed by atoms with Crippen molar-refractivity contribution in [1.82, 2.24) is 14.9 Å². The number of amides is 1. The van der Waals surface area contributed by atoms with Crippen LogP contribution in [0.15, 0.2) is 16.4 Å². The fraction of sp³-hybridized carbons (Fsp3) is 0.389. The van der Waals surface area contributed by atoms with Gasteiger partial charge in [-0.2, -0.15) is 11.3 Å². The Morgan fingerprint density at radius 2 is 2.07 bits per heavy atom. The number of rotatable bonds is 2. The van der Waals surface area contributed by atoms with Crippen LogP contribution in [0, 0.1) is 32.2 Å². The van der Waals surface area contributed by atoms with Crippen molar-refractivity contribution < 1.29 is 9.18 Å². The Balaban J connectivity index is 1.84. The summed E-state index contributed by atoms with van der Waals surface area (Å²) in [5, 5.41) is 1.74. The van der Waals surface area contributed by atoms with Gasteiger partial charge in [0.1, 0.15) is 5.54 Å². The molecule has 2 atom stereocenters. The minimum Gasteiger partial charge on any atom is -0.369 e. The fourth-order valence-corrected chi connectivity index (χ4v) is 4.77. The highest BCUT2D eigenvalue weighted by atomic mass is 32.1. The molecule has 8 nitrogen and oxygen atoms in total. The maximum atomic E-state index is 14.0. The summed E-state index contributed by atoms with van der Waals surface area (Å²) in [6.07, 6.45) is 0. The third kappa shape index (κ3) is 2.54. The minimum absolute atomic E-state index is 0.133. The lowest BCUT2D eigenvalue weighted by atomic mass is 9.84. The Labute approximate surface area is 165 Å². The SMILES string of the molecule is [C-]#[N+]c1csc([C@]23CN(c4nc(C)c(F)c(C)n4)C[C@H]2C(=O)N(C)C(N)=N3)c1. The lowest BCUT2D eigenvalue weighted by Crippen LogP contribution is -2.54. The summed E-state index contributed by atoms with van der Waals surface area (Å²) in [6.45, 7) is 11.1. The molecule has 0 radical (unpaired) electrons. The predicted octanol–water partition coefficient (Wildman–Crippen LogP) is 1.96. The number of nitrogens with zero attached hydrogens (tertiary/aromatic N) is 6. The Morgan fingerprint density at radius 3 is 2.68 bits per heavy atom. The average Bonchev–Trinajstić information content (AvgIpc) is 3.29. The molecule has 144 valence electrons. The van der Waals surface area contributed by atoms with Gasteiger partial charge in [0.05, 0.1) is 30.4 Å². The van der Waals surface area contributed by atoms with Crippen LogP contribution in [-0.4, -0.2) is 46.9 Å². The number of carbonyl (C=O) groups excluding carboxylic acids is 1. The van der Waals surface area contributed by atoms with Crippen molar-refractivity contribution in [3.8, 4) is 0 Å². The fourth-order valence-electron chi connectivity index (χ4n) is 3.75. The van der Waals surface area contributed by atoms with Crippen LogP contribution in [0.4, 0.5) is 16.0 Å². The van der Waals surface area contributed by atoms with Crippen LogP contribution in [-0.2, 0) is 10.3 Å². The van der Waals surface area contributed by atoms with E-state index in [-0.39, 0.29) is 23.3 Å². The first-order chi connectivity index (χ1) is 13.3. The number of guanidine groups is 1. The monoisotopic (exact) mass is 399 g/mol. The van der Waals surface area contributed by atoms with E-state index in [1.807, 2.05) is 4.90 Å². The number of hydrogen-bond donors (Lipinski definition) is 1. The van der Waals surface area contributed by atoms with E-state index in [0.29, 0.717) is 24.7 Å². The Bertz CT molecular complexity index is 1040. The number of anilines is 1. The quantitative estimate of drug-likeness (QED) is 0.780. The molecule has 1 fully saturated rings. The van der Waals surface area contributed by atoms with E-state index in [1.54, 1.807) is 32.3 Å². The first kappa shape index (κ1) is 18.3. The number of aliphatic imine (C=N–C) groups is 1. The first-order valence-corrected chi connectivity index (χ1v) is 9.50. The van der Waals surface area contributed by atoms with Crippen molar-refractivity contribution in [3.63, 3.8) is 0 Å². The molecule has 10 heteroatoms. The van der Waals surface area contributed by atoms with Crippen LogP contribution in [0.1, 0.15) is 16.3 Å². The number of thiophene rings is 1. The molecule has 2 aromatic heterocycles. The van der Waals surface area contributed by atoms with Crippen LogP contribution in [0.3, 0.4) is 0 Å². The number of carbonyl (C=O) groups is 1. The van der Waals surface area contributed by atoms with Gasteiger partial charge in [-0.15, -0.1) is 0 Å². The molecule has 1 saturated heterocycles. The van der Waals surface area contributed by atoms with E-state index >= 15 is 0 Å². The average molecular weight is 399 g/mol.